The molecule has 1 N–H and O–H groups in total. The van der Waals surface area contributed by atoms with Crippen molar-refractivity contribution in [3.8, 4) is 0 Å². The van der Waals surface area contributed by atoms with Crippen molar-refractivity contribution in [2.45, 2.75) is 23.7 Å². The van der Waals surface area contributed by atoms with Crippen LogP contribution in [-0.4, -0.2) is 38.1 Å². The average Bonchev–Trinajstić information content (AvgIpc) is 3.07. The van der Waals surface area contributed by atoms with E-state index in [4.69, 9.17) is 0 Å². The molecule has 1 fully saturated rings. The number of nitrogens with one attached hydrogen (secondary N) is 1. The Balaban J connectivity index is 1.64. The maximum atomic E-state index is 12.1. The van der Waals surface area contributed by atoms with Crippen molar-refractivity contribution in [1.29, 1.82) is 0 Å². The van der Waals surface area contributed by atoms with Crippen LogP contribution in [0.5, 0.6) is 0 Å². The lowest BCUT2D eigenvalue weighted by molar-refractivity contribution is 0.463. The van der Waals surface area contributed by atoms with Gasteiger partial charge >= 0.3 is 0 Å². The number of benzene rings is 1. The number of hydrogen-bond acceptors (Lipinski definition) is 3. The van der Waals surface area contributed by atoms with E-state index in [2.05, 4.69) is 16.9 Å². The van der Waals surface area contributed by atoms with Gasteiger partial charge in [0.15, 0.2) is 0 Å². The Kier molecular flexibility index (Phi) is 3.84. The zero-order valence-electron chi connectivity index (χ0n) is 10.7. The summed E-state index contributed by atoms with van der Waals surface area (Å²) in [7, 11) is -3.28. The Labute approximate surface area is 118 Å². The minimum atomic E-state index is -3.28. The van der Waals surface area contributed by atoms with Gasteiger partial charge in [-0.25, -0.2) is 4.72 Å². The van der Waals surface area contributed by atoms with Crippen LogP contribution in [-0.2, 0) is 10.2 Å². The molecule has 0 aliphatic carbocycles. The summed E-state index contributed by atoms with van der Waals surface area (Å²) >= 11 is 1.81. The van der Waals surface area contributed by atoms with Gasteiger partial charge < -0.3 is 0 Å². The summed E-state index contributed by atoms with van der Waals surface area (Å²) < 4.78 is 28.5. The Morgan fingerprint density at radius 3 is 2.79 bits per heavy atom. The predicted octanol–water partition coefficient (Wildman–Crippen LogP) is 1.81. The monoisotopic (exact) mass is 298 g/mol. The first-order valence-electron chi connectivity index (χ1n) is 6.63. The standard InChI is InChI=1S/C13H18N2O2S2/c16-19(17,15-7-3-4-8-15)14-9-11-10-18-13-6-2-1-5-12(11)13/h1-2,5-6,11,14H,3-4,7-10H2. The second-order valence-electron chi connectivity index (χ2n) is 5.01. The lowest BCUT2D eigenvalue weighted by atomic mass is 10.0. The van der Waals surface area contributed by atoms with Crippen molar-refractivity contribution < 1.29 is 8.42 Å². The second-order valence-corrected chi connectivity index (χ2v) is 7.82. The molecule has 1 atom stereocenters. The topological polar surface area (TPSA) is 49.4 Å². The Morgan fingerprint density at radius 2 is 2.00 bits per heavy atom. The lowest BCUT2D eigenvalue weighted by Crippen LogP contribution is -2.40. The molecule has 0 aromatic heterocycles. The molecule has 2 heterocycles. The van der Waals surface area contributed by atoms with Crippen LogP contribution in [0.4, 0.5) is 0 Å². The Bertz CT molecular complexity index is 554. The lowest BCUT2D eigenvalue weighted by Gasteiger charge is -2.18. The van der Waals surface area contributed by atoms with E-state index in [-0.39, 0.29) is 0 Å². The molecule has 104 valence electrons. The van der Waals surface area contributed by atoms with Crippen LogP contribution in [0.25, 0.3) is 0 Å². The first kappa shape index (κ1) is 13.4. The smallest absolute Gasteiger partial charge is 0.201 e. The molecule has 0 radical (unpaired) electrons. The summed E-state index contributed by atoms with van der Waals surface area (Å²) in [5.41, 5.74) is 1.27. The van der Waals surface area contributed by atoms with Gasteiger partial charge in [-0.2, -0.15) is 12.7 Å². The molecule has 1 aromatic carbocycles. The van der Waals surface area contributed by atoms with Crippen molar-refractivity contribution >= 4 is 22.0 Å². The molecule has 1 saturated heterocycles. The minimum Gasteiger partial charge on any atom is -0.201 e. The second kappa shape index (κ2) is 5.44. The van der Waals surface area contributed by atoms with E-state index in [1.807, 2.05) is 23.9 Å². The van der Waals surface area contributed by atoms with Gasteiger partial charge in [-0.1, -0.05) is 18.2 Å². The van der Waals surface area contributed by atoms with Crippen LogP contribution in [0.2, 0.25) is 0 Å². The Hall–Kier alpha value is -0.560. The average molecular weight is 298 g/mol. The van der Waals surface area contributed by atoms with Crippen LogP contribution in [0.3, 0.4) is 0 Å². The number of rotatable bonds is 4. The predicted molar refractivity (Wildman–Crippen MR) is 77.6 cm³/mol. The number of nitrogens with zero attached hydrogens (tertiary/aromatic N) is 1. The van der Waals surface area contributed by atoms with Gasteiger partial charge in [0.05, 0.1) is 0 Å². The molecule has 3 rings (SSSR count). The van der Waals surface area contributed by atoms with Crippen molar-refractivity contribution in [3.05, 3.63) is 29.8 Å². The molecule has 2 aliphatic heterocycles. The third-order valence-corrected chi connectivity index (χ3v) is 6.54. The number of thioether (sulfide) groups is 1. The van der Waals surface area contributed by atoms with E-state index >= 15 is 0 Å². The molecule has 0 bridgehead atoms. The molecule has 1 unspecified atom stereocenters. The summed E-state index contributed by atoms with van der Waals surface area (Å²) in [5, 5.41) is 0. The summed E-state index contributed by atoms with van der Waals surface area (Å²) in [6.07, 6.45) is 1.95. The van der Waals surface area contributed by atoms with E-state index in [0.29, 0.717) is 25.6 Å². The summed E-state index contributed by atoms with van der Waals surface area (Å²) in [4.78, 5) is 1.29. The molecule has 1 aromatic rings. The molecule has 6 heteroatoms. The van der Waals surface area contributed by atoms with Gasteiger partial charge in [-0.3, -0.25) is 0 Å². The first-order valence-corrected chi connectivity index (χ1v) is 9.06. The molecule has 0 amide bonds. The summed E-state index contributed by atoms with van der Waals surface area (Å²) in [6.45, 7) is 1.82. The molecule has 0 saturated carbocycles. The fourth-order valence-corrected chi connectivity index (χ4v) is 5.21. The van der Waals surface area contributed by atoms with E-state index in [1.54, 1.807) is 4.31 Å². The van der Waals surface area contributed by atoms with E-state index in [0.717, 1.165) is 18.6 Å². The number of fused-ring (bicyclic) bond motifs is 1. The van der Waals surface area contributed by atoms with Gasteiger partial charge in [-0.15, -0.1) is 11.8 Å². The normalized spacial score (nSPS) is 23.7. The van der Waals surface area contributed by atoms with Crippen LogP contribution < -0.4 is 4.72 Å². The van der Waals surface area contributed by atoms with Crippen molar-refractivity contribution in [2.75, 3.05) is 25.4 Å². The highest BCUT2D eigenvalue weighted by Gasteiger charge is 2.28. The number of hydrogen-bond donors (Lipinski definition) is 1. The van der Waals surface area contributed by atoms with Gasteiger partial charge in [0, 0.05) is 36.2 Å². The first-order chi connectivity index (χ1) is 9.17. The van der Waals surface area contributed by atoms with Crippen LogP contribution in [0, 0.1) is 0 Å². The summed E-state index contributed by atoms with van der Waals surface area (Å²) in [5.74, 6) is 1.25. The fraction of sp³-hybridized carbons (Fsp3) is 0.538. The van der Waals surface area contributed by atoms with Crippen LogP contribution in [0.15, 0.2) is 29.2 Å². The van der Waals surface area contributed by atoms with Crippen molar-refractivity contribution in [2.24, 2.45) is 0 Å². The minimum absolute atomic E-state index is 0.290. The third-order valence-electron chi connectivity index (χ3n) is 3.72. The van der Waals surface area contributed by atoms with Crippen LogP contribution >= 0.6 is 11.8 Å². The van der Waals surface area contributed by atoms with E-state index < -0.39 is 10.2 Å². The van der Waals surface area contributed by atoms with Gasteiger partial charge in [0.25, 0.3) is 10.2 Å². The Morgan fingerprint density at radius 1 is 1.26 bits per heavy atom. The van der Waals surface area contributed by atoms with Gasteiger partial charge in [0.1, 0.15) is 0 Å². The fourth-order valence-electron chi connectivity index (χ4n) is 2.62. The zero-order chi connectivity index (χ0) is 13.3. The van der Waals surface area contributed by atoms with Gasteiger partial charge in [-0.05, 0) is 24.5 Å². The van der Waals surface area contributed by atoms with E-state index in [9.17, 15) is 8.42 Å². The maximum absolute atomic E-state index is 12.1. The molecule has 4 nitrogen and oxygen atoms in total. The van der Waals surface area contributed by atoms with Gasteiger partial charge in [0.2, 0.25) is 0 Å². The highest BCUT2D eigenvalue weighted by Crippen LogP contribution is 2.38. The summed E-state index contributed by atoms with van der Waals surface area (Å²) in [6, 6.07) is 8.26. The molecule has 19 heavy (non-hydrogen) atoms. The molecule has 0 spiro atoms. The largest absolute Gasteiger partial charge is 0.279 e. The van der Waals surface area contributed by atoms with Crippen molar-refractivity contribution in [3.63, 3.8) is 0 Å². The SMILES string of the molecule is O=S(=O)(NCC1CSc2ccccc21)N1CCCC1. The van der Waals surface area contributed by atoms with Crippen molar-refractivity contribution in [1.82, 2.24) is 9.03 Å². The van der Waals surface area contributed by atoms with Crippen LogP contribution in [0.1, 0.15) is 24.3 Å². The van der Waals surface area contributed by atoms with E-state index in [1.165, 1.54) is 10.5 Å². The maximum Gasteiger partial charge on any atom is 0.279 e. The highest BCUT2D eigenvalue weighted by atomic mass is 32.2. The molecular formula is C13H18N2O2S2. The quantitative estimate of drug-likeness (QED) is 0.922. The molecule has 2 aliphatic rings. The molecular weight excluding hydrogens is 280 g/mol. The zero-order valence-corrected chi connectivity index (χ0v) is 12.3. The third kappa shape index (κ3) is 2.81. The highest BCUT2D eigenvalue weighted by molar-refractivity contribution is 7.99.